The summed E-state index contributed by atoms with van der Waals surface area (Å²) in [7, 11) is 0. The van der Waals surface area contributed by atoms with Crippen LogP contribution in [0.25, 0.3) is 0 Å². The van der Waals surface area contributed by atoms with E-state index in [4.69, 9.17) is 5.73 Å². The van der Waals surface area contributed by atoms with E-state index >= 15 is 0 Å². The maximum atomic E-state index is 12.3. The van der Waals surface area contributed by atoms with Crippen LogP contribution in [0.2, 0.25) is 0 Å². The number of nitrogens with two attached hydrogens (primary N) is 1. The lowest BCUT2D eigenvalue weighted by atomic mass is 10.2. The molecule has 20 heavy (non-hydrogen) atoms. The first kappa shape index (κ1) is 15.4. The van der Waals surface area contributed by atoms with Crippen molar-refractivity contribution >= 4 is 27.4 Å². The van der Waals surface area contributed by atoms with E-state index in [0.717, 1.165) is 15.9 Å². The molecule has 0 unspecified atom stereocenters. The Hall–Kier alpha value is -1.02. The van der Waals surface area contributed by atoms with Crippen LogP contribution in [0, 0.1) is 6.92 Å². The summed E-state index contributed by atoms with van der Waals surface area (Å²) >= 11 is 3.45. The van der Waals surface area contributed by atoms with Crippen LogP contribution in [0.5, 0.6) is 0 Å². The molecule has 1 saturated heterocycles. The molecule has 1 aliphatic heterocycles. The predicted molar refractivity (Wildman–Crippen MR) is 75.8 cm³/mol. The zero-order valence-electron chi connectivity index (χ0n) is 11.0. The molecule has 0 aliphatic carbocycles. The van der Waals surface area contributed by atoms with E-state index in [9.17, 15) is 13.2 Å². The second-order valence-corrected chi connectivity index (χ2v) is 5.65. The summed E-state index contributed by atoms with van der Waals surface area (Å²) < 4.78 is 37.8. The third-order valence-corrected chi connectivity index (χ3v) is 4.31. The number of nitrogens with zero attached hydrogens (tertiary/aromatic N) is 3. The van der Waals surface area contributed by atoms with Crippen molar-refractivity contribution < 1.29 is 13.2 Å². The molecule has 1 aromatic rings. The van der Waals surface area contributed by atoms with Crippen LogP contribution in [0.1, 0.15) is 5.56 Å². The van der Waals surface area contributed by atoms with Gasteiger partial charge in [-0.25, -0.2) is 4.98 Å². The first-order valence-corrected chi connectivity index (χ1v) is 7.02. The maximum absolute atomic E-state index is 12.3. The Morgan fingerprint density at radius 3 is 2.45 bits per heavy atom. The molecule has 0 aromatic carbocycles. The zero-order chi connectivity index (χ0) is 14.9. The summed E-state index contributed by atoms with van der Waals surface area (Å²) in [6.45, 7) is 2.81. The van der Waals surface area contributed by atoms with Crippen LogP contribution in [0.3, 0.4) is 0 Å². The lowest BCUT2D eigenvalue weighted by Gasteiger charge is -2.36. The monoisotopic (exact) mass is 352 g/mol. The van der Waals surface area contributed by atoms with Crippen molar-refractivity contribution in [2.75, 3.05) is 43.4 Å². The summed E-state index contributed by atoms with van der Waals surface area (Å²) in [6.07, 6.45) is -2.56. The Bertz CT molecular complexity index is 484. The molecule has 1 fully saturated rings. The van der Waals surface area contributed by atoms with Crippen LogP contribution in [-0.4, -0.2) is 48.8 Å². The molecule has 0 spiro atoms. The predicted octanol–water partition coefficient (Wildman–Crippen LogP) is 2.42. The normalized spacial score (nSPS) is 17.6. The second-order valence-electron chi connectivity index (χ2n) is 4.85. The van der Waals surface area contributed by atoms with Gasteiger partial charge in [-0.2, -0.15) is 13.2 Å². The maximum Gasteiger partial charge on any atom is 0.401 e. The molecule has 2 heterocycles. The summed E-state index contributed by atoms with van der Waals surface area (Å²) in [5.41, 5.74) is 7.26. The van der Waals surface area contributed by atoms with Gasteiger partial charge in [0.2, 0.25) is 0 Å². The van der Waals surface area contributed by atoms with Crippen molar-refractivity contribution in [1.82, 2.24) is 9.88 Å². The average molecular weight is 353 g/mol. The highest BCUT2D eigenvalue weighted by Gasteiger charge is 2.32. The zero-order valence-corrected chi connectivity index (χ0v) is 12.6. The number of pyridine rings is 1. The highest BCUT2D eigenvalue weighted by Crippen LogP contribution is 2.31. The van der Waals surface area contributed by atoms with Gasteiger partial charge in [0.25, 0.3) is 0 Å². The molecule has 0 saturated carbocycles. The van der Waals surface area contributed by atoms with Crippen molar-refractivity contribution in [2.24, 2.45) is 0 Å². The number of halogens is 4. The van der Waals surface area contributed by atoms with E-state index in [2.05, 4.69) is 20.9 Å². The van der Waals surface area contributed by atoms with Gasteiger partial charge in [-0.3, -0.25) is 4.90 Å². The van der Waals surface area contributed by atoms with Gasteiger partial charge in [-0.1, -0.05) is 0 Å². The fourth-order valence-electron chi connectivity index (χ4n) is 2.17. The largest absolute Gasteiger partial charge is 0.401 e. The number of piperazine rings is 1. The fourth-order valence-corrected chi connectivity index (χ4v) is 2.75. The number of hydrogen-bond acceptors (Lipinski definition) is 4. The first-order valence-electron chi connectivity index (χ1n) is 6.22. The highest BCUT2D eigenvalue weighted by molar-refractivity contribution is 9.10. The molecular weight excluding hydrogens is 337 g/mol. The quantitative estimate of drug-likeness (QED) is 0.887. The van der Waals surface area contributed by atoms with E-state index in [-0.39, 0.29) is 0 Å². The lowest BCUT2D eigenvalue weighted by molar-refractivity contribution is -0.146. The smallest absolute Gasteiger partial charge is 0.397 e. The van der Waals surface area contributed by atoms with E-state index in [0.29, 0.717) is 31.9 Å². The average Bonchev–Trinajstić information content (AvgIpc) is 2.36. The summed E-state index contributed by atoms with van der Waals surface area (Å²) in [4.78, 5) is 7.66. The van der Waals surface area contributed by atoms with Crippen LogP contribution < -0.4 is 10.6 Å². The minimum absolute atomic E-state index is 0.372. The highest BCUT2D eigenvalue weighted by atomic mass is 79.9. The molecule has 1 aliphatic rings. The Morgan fingerprint density at radius 1 is 1.30 bits per heavy atom. The Kier molecular flexibility index (Phi) is 4.43. The van der Waals surface area contributed by atoms with Gasteiger partial charge in [0.05, 0.1) is 22.9 Å². The van der Waals surface area contributed by atoms with Crippen molar-refractivity contribution in [3.8, 4) is 0 Å². The van der Waals surface area contributed by atoms with Crippen molar-refractivity contribution in [1.29, 1.82) is 0 Å². The number of aromatic nitrogens is 1. The van der Waals surface area contributed by atoms with Crippen LogP contribution in [0.4, 0.5) is 24.7 Å². The summed E-state index contributed by atoms with van der Waals surface area (Å²) in [6, 6.07) is 0. The minimum Gasteiger partial charge on any atom is -0.397 e. The number of anilines is 2. The third-order valence-electron chi connectivity index (χ3n) is 3.36. The number of nitrogen functional groups attached to an aromatic ring is 1. The van der Waals surface area contributed by atoms with Gasteiger partial charge in [0.1, 0.15) is 5.82 Å². The van der Waals surface area contributed by atoms with Gasteiger partial charge in [0, 0.05) is 26.2 Å². The standard InChI is InChI=1S/C12H16BrF3N4/c1-8-9(17)6-18-11(10(8)13)20-4-2-19(3-5-20)7-12(14,15)16/h6H,2-5,7,17H2,1H3. The van der Waals surface area contributed by atoms with Crippen molar-refractivity contribution in [3.05, 3.63) is 16.2 Å². The van der Waals surface area contributed by atoms with E-state index < -0.39 is 12.7 Å². The van der Waals surface area contributed by atoms with Gasteiger partial charge in [-0.05, 0) is 28.4 Å². The van der Waals surface area contributed by atoms with Gasteiger partial charge >= 0.3 is 6.18 Å². The third kappa shape index (κ3) is 3.54. The van der Waals surface area contributed by atoms with Crippen LogP contribution in [-0.2, 0) is 0 Å². The Labute approximate surface area is 123 Å². The van der Waals surface area contributed by atoms with E-state index in [1.54, 1.807) is 6.20 Å². The Balaban J connectivity index is 2.03. The summed E-state index contributed by atoms with van der Waals surface area (Å²) in [5, 5.41) is 0. The number of rotatable bonds is 2. The van der Waals surface area contributed by atoms with Gasteiger partial charge < -0.3 is 10.6 Å². The number of alkyl halides is 3. The van der Waals surface area contributed by atoms with Gasteiger partial charge in [-0.15, -0.1) is 0 Å². The molecule has 0 atom stereocenters. The minimum atomic E-state index is -4.14. The van der Waals surface area contributed by atoms with E-state index in [1.165, 1.54) is 4.90 Å². The molecule has 1 aromatic heterocycles. The summed E-state index contributed by atoms with van der Waals surface area (Å²) in [5.74, 6) is 0.739. The second kappa shape index (κ2) is 5.77. The lowest BCUT2D eigenvalue weighted by Crippen LogP contribution is -2.49. The topological polar surface area (TPSA) is 45.4 Å². The SMILES string of the molecule is Cc1c(N)cnc(N2CCN(CC(F)(F)F)CC2)c1Br. The molecule has 112 valence electrons. The molecular formula is C12H16BrF3N4. The molecule has 2 N–H and O–H groups in total. The van der Waals surface area contributed by atoms with Crippen molar-refractivity contribution in [2.45, 2.75) is 13.1 Å². The molecule has 0 bridgehead atoms. The first-order chi connectivity index (χ1) is 9.28. The molecule has 2 rings (SSSR count). The molecule has 8 heteroatoms. The van der Waals surface area contributed by atoms with Crippen LogP contribution >= 0.6 is 15.9 Å². The number of hydrogen-bond donors (Lipinski definition) is 1. The van der Waals surface area contributed by atoms with Crippen LogP contribution in [0.15, 0.2) is 10.7 Å². The molecule has 0 radical (unpaired) electrons. The Morgan fingerprint density at radius 2 is 1.90 bits per heavy atom. The van der Waals surface area contributed by atoms with Crippen molar-refractivity contribution in [3.63, 3.8) is 0 Å². The fraction of sp³-hybridized carbons (Fsp3) is 0.583. The van der Waals surface area contributed by atoms with Gasteiger partial charge in [0.15, 0.2) is 0 Å². The van der Waals surface area contributed by atoms with E-state index in [1.807, 2.05) is 11.8 Å². The molecule has 4 nitrogen and oxygen atoms in total. The molecule has 0 amide bonds.